The van der Waals surface area contributed by atoms with Crippen molar-refractivity contribution in [3.8, 4) is 11.1 Å². The summed E-state index contributed by atoms with van der Waals surface area (Å²) in [6, 6.07) is 5.84. The molecule has 9 nitrogen and oxygen atoms in total. The number of nitrogens with one attached hydrogen (secondary N) is 2. The lowest BCUT2D eigenvalue weighted by molar-refractivity contribution is 0.0963. The zero-order valence-corrected chi connectivity index (χ0v) is 20.0. The van der Waals surface area contributed by atoms with Gasteiger partial charge in [0.2, 0.25) is 0 Å². The minimum atomic E-state index is -0.209. The molecule has 4 heterocycles. The third kappa shape index (κ3) is 4.30. The molecule has 1 saturated heterocycles. The summed E-state index contributed by atoms with van der Waals surface area (Å²) >= 11 is 0. The molecule has 2 aromatic heterocycles. The van der Waals surface area contributed by atoms with Crippen LogP contribution in [0.1, 0.15) is 35.7 Å². The number of benzene rings is 1. The van der Waals surface area contributed by atoms with Crippen LogP contribution in [0.4, 0.5) is 5.69 Å². The first-order valence-electron chi connectivity index (χ1n) is 11.7. The van der Waals surface area contributed by atoms with Crippen molar-refractivity contribution in [2.75, 3.05) is 18.4 Å². The number of carbonyl (C=O) groups excluding carboxylic acids is 1. The number of aliphatic hydroxyl groups is 1. The fourth-order valence-electron chi connectivity index (χ4n) is 4.74. The summed E-state index contributed by atoms with van der Waals surface area (Å²) in [5, 5.41) is 16.0. The van der Waals surface area contributed by atoms with Crippen LogP contribution >= 0.6 is 0 Å². The first kappa shape index (κ1) is 22.8. The number of piperidine rings is 1. The van der Waals surface area contributed by atoms with Gasteiger partial charge in [-0.15, -0.1) is 0 Å². The third-order valence-corrected chi connectivity index (χ3v) is 6.73. The molecule has 0 saturated carbocycles. The average Bonchev–Trinajstić information content (AvgIpc) is 3.45. The van der Waals surface area contributed by atoms with E-state index in [2.05, 4.69) is 37.2 Å². The first-order chi connectivity index (χ1) is 17.0. The number of aliphatic hydroxyl groups excluding tert-OH is 1. The molecular formula is C26H29N7O2. The smallest absolute Gasteiger partial charge is 0.254 e. The average molecular weight is 472 g/mol. The Labute approximate surface area is 203 Å². The number of imidazole rings is 1. The van der Waals surface area contributed by atoms with Gasteiger partial charge in [0.15, 0.2) is 5.65 Å². The Morgan fingerprint density at radius 1 is 1.23 bits per heavy atom. The van der Waals surface area contributed by atoms with E-state index in [0.29, 0.717) is 23.6 Å². The summed E-state index contributed by atoms with van der Waals surface area (Å²) in [6.45, 7) is 7.84. The molecular weight excluding hydrogens is 442 g/mol. The molecule has 180 valence electrons. The second-order valence-electron chi connectivity index (χ2n) is 8.94. The molecule has 0 aliphatic carbocycles. The number of fused-ring (bicyclic) bond motifs is 2. The number of allylic oxidation sites excluding steroid dienone is 3. The molecule has 0 radical (unpaired) electrons. The first-order valence-corrected chi connectivity index (χ1v) is 11.7. The molecule has 1 amide bonds. The van der Waals surface area contributed by atoms with Gasteiger partial charge in [-0.05, 0) is 61.9 Å². The summed E-state index contributed by atoms with van der Waals surface area (Å²) in [4.78, 5) is 28.2. The second kappa shape index (κ2) is 9.34. The molecule has 2 aliphatic rings. The number of aromatic nitrogens is 3. The predicted octanol–water partition coefficient (Wildman–Crippen LogP) is 3.19. The molecule has 35 heavy (non-hydrogen) atoms. The largest absolute Gasteiger partial charge is 0.393 e. The Bertz CT molecular complexity index is 1360. The Balaban J connectivity index is 1.46. The van der Waals surface area contributed by atoms with Crippen molar-refractivity contribution < 1.29 is 9.90 Å². The number of nitrogens with zero attached hydrogens (tertiary/aromatic N) is 5. The van der Waals surface area contributed by atoms with E-state index in [4.69, 9.17) is 0 Å². The molecule has 0 atom stereocenters. The number of hydrogen-bond acceptors (Lipinski definition) is 7. The highest BCUT2D eigenvalue weighted by Crippen LogP contribution is 2.36. The SMILES string of the molecule is C=N/C(=C\C=C(/C)N1CCC(O)CC1)Nc1ccc(-c2ccnc3c2ncn3C)c2c1C(=O)NC2. The maximum atomic E-state index is 12.8. The second-order valence-corrected chi connectivity index (χ2v) is 8.94. The highest BCUT2D eigenvalue weighted by atomic mass is 16.3. The topological polar surface area (TPSA) is 108 Å². The molecule has 1 aromatic carbocycles. The van der Waals surface area contributed by atoms with Gasteiger partial charge in [-0.1, -0.05) is 6.07 Å². The van der Waals surface area contributed by atoms with E-state index in [1.807, 2.05) is 48.9 Å². The summed E-state index contributed by atoms with van der Waals surface area (Å²) in [6.07, 6.45) is 8.69. The zero-order valence-electron chi connectivity index (χ0n) is 20.0. The molecule has 3 aromatic rings. The van der Waals surface area contributed by atoms with Gasteiger partial charge >= 0.3 is 0 Å². The van der Waals surface area contributed by atoms with Gasteiger partial charge in [0.25, 0.3) is 5.91 Å². The number of rotatable bonds is 6. The van der Waals surface area contributed by atoms with Crippen molar-refractivity contribution in [2.45, 2.75) is 32.4 Å². The lowest BCUT2D eigenvalue weighted by Crippen LogP contribution is -2.34. The maximum Gasteiger partial charge on any atom is 0.254 e. The van der Waals surface area contributed by atoms with Crippen molar-refractivity contribution in [1.82, 2.24) is 24.8 Å². The molecule has 3 N–H and O–H groups in total. The van der Waals surface area contributed by atoms with Crippen molar-refractivity contribution in [3.63, 3.8) is 0 Å². The van der Waals surface area contributed by atoms with Crippen LogP contribution in [0, 0.1) is 0 Å². The molecule has 0 bridgehead atoms. The summed E-state index contributed by atoms with van der Waals surface area (Å²) in [5.74, 6) is 0.421. The van der Waals surface area contributed by atoms with Crippen LogP contribution in [-0.2, 0) is 13.6 Å². The van der Waals surface area contributed by atoms with Gasteiger partial charge in [0.05, 0.1) is 23.7 Å². The van der Waals surface area contributed by atoms with Crippen LogP contribution in [0.2, 0.25) is 0 Å². The van der Waals surface area contributed by atoms with E-state index in [9.17, 15) is 9.90 Å². The predicted molar refractivity (Wildman–Crippen MR) is 137 cm³/mol. The number of carbonyl (C=O) groups is 1. The fraction of sp³-hybridized carbons (Fsp3) is 0.308. The number of hydrogen-bond donors (Lipinski definition) is 3. The molecule has 2 aliphatic heterocycles. The molecule has 0 unspecified atom stereocenters. The molecule has 5 rings (SSSR count). The van der Waals surface area contributed by atoms with Crippen LogP contribution in [-0.4, -0.2) is 56.4 Å². The van der Waals surface area contributed by atoms with Crippen molar-refractivity contribution >= 4 is 29.5 Å². The van der Waals surface area contributed by atoms with E-state index >= 15 is 0 Å². The zero-order chi connectivity index (χ0) is 24.5. The number of anilines is 1. The van der Waals surface area contributed by atoms with E-state index < -0.39 is 0 Å². The Hall–Kier alpha value is -3.98. The number of amides is 1. The quantitative estimate of drug-likeness (QED) is 0.377. The number of aryl methyl sites for hydroxylation is 1. The number of likely N-dealkylation sites (tertiary alicyclic amines) is 1. The minimum Gasteiger partial charge on any atom is -0.393 e. The lowest BCUT2D eigenvalue weighted by Gasteiger charge is -2.31. The highest BCUT2D eigenvalue weighted by molar-refractivity contribution is 6.07. The summed E-state index contributed by atoms with van der Waals surface area (Å²) in [5.41, 5.74) is 6.78. The normalized spacial score (nSPS) is 17.0. The number of pyridine rings is 1. The molecule has 0 spiro atoms. The van der Waals surface area contributed by atoms with E-state index in [1.165, 1.54) is 0 Å². The third-order valence-electron chi connectivity index (χ3n) is 6.73. The Kier molecular flexibility index (Phi) is 6.08. The van der Waals surface area contributed by atoms with Crippen molar-refractivity contribution in [3.05, 3.63) is 65.5 Å². The number of aliphatic imine (C=N–C) groups is 1. The molecule has 9 heteroatoms. The maximum absolute atomic E-state index is 12.8. The lowest BCUT2D eigenvalue weighted by atomic mass is 9.95. The van der Waals surface area contributed by atoms with E-state index in [0.717, 1.165) is 59.5 Å². The monoisotopic (exact) mass is 471 g/mol. The van der Waals surface area contributed by atoms with Crippen LogP contribution in [0.5, 0.6) is 0 Å². The van der Waals surface area contributed by atoms with Gasteiger partial charge in [0.1, 0.15) is 11.3 Å². The van der Waals surface area contributed by atoms with Gasteiger partial charge in [-0.25, -0.2) is 15.0 Å². The van der Waals surface area contributed by atoms with Gasteiger partial charge in [-0.3, -0.25) is 4.79 Å². The highest BCUT2D eigenvalue weighted by Gasteiger charge is 2.27. The van der Waals surface area contributed by atoms with E-state index in [-0.39, 0.29) is 12.0 Å². The summed E-state index contributed by atoms with van der Waals surface area (Å²) < 4.78 is 1.88. The minimum absolute atomic E-state index is 0.127. The Morgan fingerprint density at radius 3 is 2.80 bits per heavy atom. The van der Waals surface area contributed by atoms with Crippen LogP contribution in [0.25, 0.3) is 22.3 Å². The van der Waals surface area contributed by atoms with Crippen LogP contribution < -0.4 is 10.6 Å². The fourth-order valence-corrected chi connectivity index (χ4v) is 4.74. The van der Waals surface area contributed by atoms with Crippen molar-refractivity contribution in [1.29, 1.82) is 0 Å². The molecule has 1 fully saturated rings. The van der Waals surface area contributed by atoms with Gasteiger partial charge in [-0.2, -0.15) is 0 Å². The van der Waals surface area contributed by atoms with Gasteiger partial charge in [0, 0.05) is 44.1 Å². The van der Waals surface area contributed by atoms with Crippen LogP contribution in [0.15, 0.2) is 59.4 Å². The van der Waals surface area contributed by atoms with E-state index in [1.54, 1.807) is 12.5 Å². The van der Waals surface area contributed by atoms with Gasteiger partial charge < -0.3 is 25.2 Å². The summed E-state index contributed by atoms with van der Waals surface area (Å²) in [7, 11) is 1.91. The standard InChI is InChI=1S/C26H29N7O2/c1-16(33-12-9-17(34)10-13-33)4-7-22(27-2)31-21-6-5-18(20-14-29-26(35)23(20)21)19-8-11-28-25-24(19)30-15-32(25)3/h4-8,11,15,17,31,34H,2,9-10,12-14H2,1,3H3,(H,29,35)/b16-4+,22-7+. The Morgan fingerprint density at radius 2 is 2.03 bits per heavy atom. The van der Waals surface area contributed by atoms with Crippen molar-refractivity contribution in [2.24, 2.45) is 12.0 Å². The van der Waals surface area contributed by atoms with Crippen LogP contribution in [0.3, 0.4) is 0 Å².